The molecule has 0 aromatic rings. The summed E-state index contributed by atoms with van der Waals surface area (Å²) in [6, 6.07) is 0. The maximum atomic E-state index is 8.20. The highest BCUT2D eigenvalue weighted by Crippen LogP contribution is 2.31. The first-order valence-corrected chi connectivity index (χ1v) is 2.77. The van der Waals surface area contributed by atoms with Crippen molar-refractivity contribution >= 4 is 9.39 Å². The van der Waals surface area contributed by atoms with Crippen molar-refractivity contribution in [1.82, 2.24) is 5.09 Å². The second-order valence-electron chi connectivity index (χ2n) is 1.54. The Balaban J connectivity index is 2.38. The molecule has 0 spiro atoms. The topological polar surface area (TPSA) is 107 Å². The molecule has 10 heavy (non-hydrogen) atoms. The van der Waals surface area contributed by atoms with Crippen LogP contribution >= 0.6 is 9.39 Å². The summed E-state index contributed by atoms with van der Waals surface area (Å²) in [5.74, 6) is 0. The van der Waals surface area contributed by atoms with Gasteiger partial charge in [0.15, 0.2) is 0 Å². The molecule has 60 valence electrons. The highest BCUT2D eigenvalue weighted by molar-refractivity contribution is 7.13. The van der Waals surface area contributed by atoms with E-state index in [2.05, 4.69) is 19.6 Å². The largest absolute Gasteiger partial charge is 0.413 e. The summed E-state index contributed by atoms with van der Waals surface area (Å²) in [7, 11) is 1.93. The Labute approximate surface area is 57.7 Å². The third-order valence-electron chi connectivity index (χ3n) is 0.683. The van der Waals surface area contributed by atoms with Crippen LogP contribution in [0, 0.1) is 0 Å². The van der Waals surface area contributed by atoms with Gasteiger partial charge in [0.1, 0.15) is 0 Å². The van der Waals surface area contributed by atoms with E-state index in [-0.39, 0.29) is 0 Å². The van der Waals surface area contributed by atoms with Crippen molar-refractivity contribution in [3.63, 3.8) is 0 Å². The lowest BCUT2D eigenvalue weighted by Crippen LogP contribution is -2.42. The van der Waals surface area contributed by atoms with Crippen molar-refractivity contribution in [2.45, 2.75) is 12.3 Å². The molecule has 8 heteroatoms. The van der Waals surface area contributed by atoms with Gasteiger partial charge in [-0.3, -0.25) is 0 Å². The van der Waals surface area contributed by atoms with Crippen LogP contribution in [0.2, 0.25) is 0 Å². The summed E-state index contributed by atoms with van der Waals surface area (Å²) in [4.78, 5) is 8.17. The Morgan fingerprint density at radius 2 is 1.90 bits per heavy atom. The minimum Gasteiger partial charge on any atom is -0.319 e. The molecule has 1 heterocycles. The molecule has 1 saturated heterocycles. The van der Waals surface area contributed by atoms with Crippen molar-refractivity contribution in [3.05, 3.63) is 0 Å². The van der Waals surface area contributed by atoms with E-state index in [0.717, 1.165) is 0 Å². The van der Waals surface area contributed by atoms with Gasteiger partial charge in [-0.05, 0) is 0 Å². The molecule has 0 aromatic heterocycles. The van der Waals surface area contributed by atoms with Gasteiger partial charge >= 0.3 is 12.3 Å². The van der Waals surface area contributed by atoms with E-state index in [4.69, 9.17) is 15.3 Å². The Kier molecular flexibility index (Phi) is 1.92. The van der Waals surface area contributed by atoms with Crippen molar-refractivity contribution < 1.29 is 29.8 Å². The second-order valence-corrected chi connectivity index (χ2v) is 1.83. The van der Waals surface area contributed by atoms with E-state index in [0.29, 0.717) is 0 Å². The van der Waals surface area contributed by atoms with Crippen LogP contribution in [-0.4, -0.2) is 27.6 Å². The minimum absolute atomic E-state index is 1.76. The zero-order valence-corrected chi connectivity index (χ0v) is 5.80. The minimum atomic E-state index is -3.28. The van der Waals surface area contributed by atoms with Crippen LogP contribution in [-0.2, 0) is 14.5 Å². The van der Waals surface area contributed by atoms with Gasteiger partial charge in [0, 0.05) is 0 Å². The van der Waals surface area contributed by atoms with E-state index in [1.165, 1.54) is 0 Å². The summed E-state index contributed by atoms with van der Waals surface area (Å²) >= 11 is 0. The van der Waals surface area contributed by atoms with Gasteiger partial charge in [-0.2, -0.15) is 0 Å². The summed E-state index contributed by atoms with van der Waals surface area (Å²) in [5.41, 5.74) is 0. The number of ether oxygens (including phenoxy) is 1. The first kappa shape index (κ1) is 8.25. The number of aliphatic hydroxyl groups is 3. The van der Waals surface area contributed by atoms with E-state index < -0.39 is 12.3 Å². The van der Waals surface area contributed by atoms with E-state index in [1.807, 2.05) is 9.39 Å². The molecule has 4 N–H and O–H groups in total. The lowest BCUT2D eigenvalue weighted by Gasteiger charge is -2.15. The molecule has 0 aliphatic carbocycles. The monoisotopic (exact) mass is 171 g/mol. The maximum Gasteiger partial charge on any atom is 0.413 e. The average Bonchev–Trinajstić information content (AvgIpc) is 2.45. The fraction of sp³-hybridized carbons (Fsp3) is 1.00. The molecular formula is C2H6NO6P. The van der Waals surface area contributed by atoms with E-state index >= 15 is 0 Å². The molecule has 0 amide bonds. The van der Waals surface area contributed by atoms with Crippen LogP contribution in [0.5, 0.6) is 0 Å². The number of hydrogen-bond donors (Lipinski definition) is 4. The van der Waals surface area contributed by atoms with Crippen LogP contribution in [0.15, 0.2) is 0 Å². The third kappa shape index (κ3) is 2.08. The number of hydrogen-bond acceptors (Lipinski definition) is 7. The third-order valence-corrected chi connectivity index (χ3v) is 1.04. The SMILES string of the molecule is OC(O)(O)OC1(NP)OO1. The molecule has 7 nitrogen and oxygen atoms in total. The predicted octanol–water partition coefficient (Wildman–Crippen LogP) is -2.46. The first-order valence-electron chi connectivity index (χ1n) is 2.19. The van der Waals surface area contributed by atoms with Crippen LogP contribution < -0.4 is 5.09 Å². The van der Waals surface area contributed by atoms with Crippen molar-refractivity contribution in [2.75, 3.05) is 0 Å². The summed E-state index contributed by atoms with van der Waals surface area (Å²) < 4.78 is 3.98. The Morgan fingerprint density at radius 1 is 1.40 bits per heavy atom. The highest BCUT2D eigenvalue weighted by atomic mass is 31.0. The van der Waals surface area contributed by atoms with Crippen LogP contribution in [0.1, 0.15) is 0 Å². The van der Waals surface area contributed by atoms with Crippen LogP contribution in [0.25, 0.3) is 0 Å². The summed E-state index contributed by atoms with van der Waals surface area (Å²) in [5, 5.41) is 26.8. The standard InChI is InChI=1S/C2H6NO6P/c4-2(5,6)7-1(3-10)8-9-1/h3-6H,10H2. The lowest BCUT2D eigenvalue weighted by atomic mass is 11.0. The zero-order chi connectivity index (χ0) is 7.83. The van der Waals surface area contributed by atoms with Gasteiger partial charge in [0.25, 0.3) is 0 Å². The molecule has 1 aliphatic rings. The Hall–Kier alpha value is 0.150. The molecule has 1 aliphatic heterocycles. The molecule has 1 fully saturated rings. The van der Waals surface area contributed by atoms with E-state index in [1.54, 1.807) is 0 Å². The fourth-order valence-corrected chi connectivity index (χ4v) is 0.485. The normalized spacial score (nSPS) is 22.8. The van der Waals surface area contributed by atoms with Gasteiger partial charge in [0.05, 0.1) is 0 Å². The molecule has 1 unspecified atom stereocenters. The van der Waals surface area contributed by atoms with Crippen molar-refractivity contribution in [3.8, 4) is 0 Å². The van der Waals surface area contributed by atoms with Gasteiger partial charge in [0.2, 0.25) is 0 Å². The Bertz CT molecular complexity index is 128. The van der Waals surface area contributed by atoms with Crippen molar-refractivity contribution in [1.29, 1.82) is 0 Å². The van der Waals surface area contributed by atoms with E-state index in [9.17, 15) is 0 Å². The van der Waals surface area contributed by atoms with Crippen molar-refractivity contribution in [2.24, 2.45) is 0 Å². The quantitative estimate of drug-likeness (QED) is 0.161. The van der Waals surface area contributed by atoms with Gasteiger partial charge < -0.3 is 15.3 Å². The molecule has 1 rings (SSSR count). The molecular weight excluding hydrogens is 165 g/mol. The number of rotatable bonds is 3. The second kappa shape index (κ2) is 2.33. The molecule has 0 aromatic carbocycles. The van der Waals surface area contributed by atoms with Gasteiger partial charge in [-0.1, -0.05) is 9.39 Å². The maximum absolute atomic E-state index is 8.20. The lowest BCUT2D eigenvalue weighted by molar-refractivity contribution is -0.483. The highest BCUT2D eigenvalue weighted by Gasteiger charge is 2.55. The fourth-order valence-electron chi connectivity index (χ4n) is 0.330. The molecule has 0 bridgehead atoms. The molecule has 0 saturated carbocycles. The molecule has 0 radical (unpaired) electrons. The van der Waals surface area contributed by atoms with Crippen LogP contribution in [0.3, 0.4) is 0 Å². The first-order chi connectivity index (χ1) is 4.47. The zero-order valence-electron chi connectivity index (χ0n) is 4.64. The summed E-state index contributed by atoms with van der Waals surface area (Å²) in [6.07, 6.45) is -5.04. The summed E-state index contributed by atoms with van der Waals surface area (Å²) in [6.45, 7) is 0. The Morgan fingerprint density at radius 3 is 2.00 bits per heavy atom. The predicted molar refractivity (Wildman–Crippen MR) is 28.2 cm³/mol. The van der Waals surface area contributed by atoms with Gasteiger partial charge in [-0.25, -0.2) is 9.82 Å². The smallest absolute Gasteiger partial charge is 0.319 e. The van der Waals surface area contributed by atoms with Gasteiger partial charge in [-0.15, -0.1) is 9.78 Å². The number of nitrogens with one attached hydrogen (secondary N) is 1. The average molecular weight is 171 g/mol. The molecule has 1 atom stereocenters. The van der Waals surface area contributed by atoms with Crippen LogP contribution in [0.4, 0.5) is 0 Å².